The molecule has 1 aromatic carbocycles. The van der Waals surface area contributed by atoms with E-state index in [2.05, 4.69) is 5.10 Å². The van der Waals surface area contributed by atoms with Gasteiger partial charge in [0.15, 0.2) is 0 Å². The maximum absolute atomic E-state index is 12.6. The number of benzene rings is 1. The van der Waals surface area contributed by atoms with Gasteiger partial charge in [-0.05, 0) is 49.7 Å². The molecule has 1 saturated heterocycles. The van der Waals surface area contributed by atoms with Gasteiger partial charge in [-0.2, -0.15) is 5.10 Å². The Balaban J connectivity index is 1.95. The fraction of sp³-hybridized carbons (Fsp3) is 0.556. The lowest BCUT2D eigenvalue weighted by atomic mass is 9.90. The molecule has 0 saturated carbocycles. The molecule has 1 atom stereocenters. The molecule has 132 valence electrons. The summed E-state index contributed by atoms with van der Waals surface area (Å²) in [4.78, 5) is 12.6. The van der Waals surface area contributed by atoms with E-state index in [1.54, 1.807) is 24.1 Å². The second kappa shape index (κ2) is 7.91. The summed E-state index contributed by atoms with van der Waals surface area (Å²) in [6, 6.07) is 3.22. The Bertz CT molecular complexity index is 740. The molecule has 0 amide bonds. The average Bonchev–Trinajstić information content (AvgIpc) is 3.06. The van der Waals surface area contributed by atoms with Crippen molar-refractivity contribution >= 4 is 30.2 Å². The first kappa shape index (κ1) is 17.8. The molecule has 0 aliphatic carbocycles. The van der Waals surface area contributed by atoms with E-state index in [1.807, 2.05) is 13.0 Å². The van der Waals surface area contributed by atoms with Gasteiger partial charge < -0.3 is 14.2 Å². The highest BCUT2D eigenvalue weighted by Crippen LogP contribution is 2.29. The predicted octanol–water partition coefficient (Wildman–Crippen LogP) is 1.76. The van der Waals surface area contributed by atoms with Crippen LogP contribution in [0.4, 0.5) is 0 Å². The summed E-state index contributed by atoms with van der Waals surface area (Å²) in [5, 5.41) is 5.23. The lowest BCUT2D eigenvalue weighted by Gasteiger charge is -2.26. The molecule has 1 aliphatic heterocycles. The average molecular weight is 342 g/mol. The van der Waals surface area contributed by atoms with Gasteiger partial charge in [0.05, 0.1) is 25.4 Å². The standard InChI is InChI=1S/C18H23BN2O4/c1-3-25-18(22)15(10-12-6-8-24-9-7-12)21-14-4-5-16(23-2)17(19)13(14)11-20-21/h4-5,11-12,15H,3,6-10H2,1-2H3. The van der Waals surface area contributed by atoms with Gasteiger partial charge in [0.2, 0.25) is 0 Å². The molecule has 6 nitrogen and oxygen atoms in total. The first-order chi connectivity index (χ1) is 12.2. The fourth-order valence-electron chi connectivity index (χ4n) is 3.38. The van der Waals surface area contributed by atoms with Crippen LogP contribution >= 0.6 is 0 Å². The quantitative estimate of drug-likeness (QED) is 0.591. The summed E-state index contributed by atoms with van der Waals surface area (Å²) < 4.78 is 17.7. The molecule has 7 heteroatoms. The molecule has 0 bridgehead atoms. The Labute approximate surface area is 148 Å². The number of methoxy groups -OCH3 is 1. The lowest BCUT2D eigenvalue weighted by Crippen LogP contribution is -2.27. The third kappa shape index (κ3) is 3.66. The SMILES string of the molecule is [B]c1c(OC)ccc2c1cnn2C(CC1CCOCC1)C(=O)OCC. The molecule has 0 spiro atoms. The van der Waals surface area contributed by atoms with E-state index < -0.39 is 6.04 Å². The van der Waals surface area contributed by atoms with Crippen LogP contribution in [0.5, 0.6) is 5.75 Å². The normalized spacial score (nSPS) is 16.7. The molecule has 25 heavy (non-hydrogen) atoms. The monoisotopic (exact) mass is 342 g/mol. The smallest absolute Gasteiger partial charge is 0.330 e. The first-order valence-corrected chi connectivity index (χ1v) is 8.69. The molecule has 0 N–H and O–H groups in total. The number of hydrogen-bond acceptors (Lipinski definition) is 5. The molecule has 2 heterocycles. The zero-order chi connectivity index (χ0) is 17.8. The third-order valence-electron chi connectivity index (χ3n) is 4.75. The van der Waals surface area contributed by atoms with Gasteiger partial charge in [0, 0.05) is 18.6 Å². The zero-order valence-corrected chi connectivity index (χ0v) is 14.7. The highest BCUT2D eigenvalue weighted by Gasteiger charge is 2.29. The molecule has 1 aliphatic rings. The molecule has 3 rings (SSSR count). The minimum absolute atomic E-state index is 0.256. The largest absolute Gasteiger partial charge is 0.497 e. The van der Waals surface area contributed by atoms with Crippen molar-refractivity contribution in [1.29, 1.82) is 0 Å². The summed E-state index contributed by atoms with van der Waals surface area (Å²) in [7, 11) is 7.73. The molecule has 2 radical (unpaired) electrons. The van der Waals surface area contributed by atoms with E-state index in [4.69, 9.17) is 22.1 Å². The van der Waals surface area contributed by atoms with Crippen molar-refractivity contribution < 1.29 is 19.0 Å². The summed E-state index contributed by atoms with van der Waals surface area (Å²) in [5.74, 6) is 0.760. The summed E-state index contributed by atoms with van der Waals surface area (Å²) in [5.41, 5.74) is 1.34. The van der Waals surface area contributed by atoms with Crippen LogP contribution in [0.2, 0.25) is 0 Å². The van der Waals surface area contributed by atoms with Crippen LogP contribution < -0.4 is 10.2 Å². The van der Waals surface area contributed by atoms with Gasteiger partial charge in [0.25, 0.3) is 0 Å². The Morgan fingerprint density at radius 3 is 2.88 bits per heavy atom. The maximum atomic E-state index is 12.6. The van der Waals surface area contributed by atoms with Crippen molar-refractivity contribution in [2.24, 2.45) is 5.92 Å². The van der Waals surface area contributed by atoms with Crippen molar-refractivity contribution in [3.8, 4) is 5.75 Å². The summed E-state index contributed by atoms with van der Waals surface area (Å²) >= 11 is 0. The second-order valence-corrected chi connectivity index (χ2v) is 6.26. The molecule has 1 aromatic heterocycles. The van der Waals surface area contributed by atoms with Crippen LogP contribution in [0.15, 0.2) is 18.3 Å². The Morgan fingerprint density at radius 1 is 1.44 bits per heavy atom. The van der Waals surface area contributed by atoms with Crippen molar-refractivity contribution in [2.45, 2.75) is 32.2 Å². The third-order valence-corrected chi connectivity index (χ3v) is 4.75. The van der Waals surface area contributed by atoms with Gasteiger partial charge in [-0.3, -0.25) is 4.68 Å². The molecular formula is C18H23BN2O4. The molecular weight excluding hydrogens is 319 g/mol. The van der Waals surface area contributed by atoms with Crippen molar-refractivity contribution in [3.63, 3.8) is 0 Å². The number of aromatic nitrogens is 2. The van der Waals surface area contributed by atoms with Crippen molar-refractivity contribution in [3.05, 3.63) is 18.3 Å². The number of esters is 1. The van der Waals surface area contributed by atoms with E-state index in [-0.39, 0.29) is 5.97 Å². The van der Waals surface area contributed by atoms with Crippen LogP contribution in [0.1, 0.15) is 32.2 Å². The predicted molar refractivity (Wildman–Crippen MR) is 95.5 cm³/mol. The number of nitrogens with zero attached hydrogens (tertiary/aromatic N) is 2. The van der Waals surface area contributed by atoms with E-state index in [0.717, 1.165) is 37.0 Å². The van der Waals surface area contributed by atoms with Gasteiger partial charge in [-0.15, -0.1) is 0 Å². The minimum Gasteiger partial charge on any atom is -0.497 e. The van der Waals surface area contributed by atoms with Crippen molar-refractivity contribution in [2.75, 3.05) is 26.9 Å². The zero-order valence-electron chi connectivity index (χ0n) is 14.7. The van der Waals surface area contributed by atoms with Crippen LogP contribution in [0, 0.1) is 5.92 Å². The van der Waals surface area contributed by atoms with E-state index >= 15 is 0 Å². The Kier molecular flexibility index (Phi) is 5.63. The molecule has 1 fully saturated rings. The highest BCUT2D eigenvalue weighted by molar-refractivity contribution is 6.40. The molecule has 2 aromatic rings. The van der Waals surface area contributed by atoms with Crippen LogP contribution in [-0.4, -0.2) is 50.5 Å². The highest BCUT2D eigenvalue weighted by atomic mass is 16.5. The van der Waals surface area contributed by atoms with E-state index in [0.29, 0.717) is 30.2 Å². The first-order valence-electron chi connectivity index (χ1n) is 8.69. The maximum Gasteiger partial charge on any atom is 0.330 e. The van der Waals surface area contributed by atoms with Crippen LogP contribution in [0.25, 0.3) is 10.9 Å². The van der Waals surface area contributed by atoms with E-state index in [9.17, 15) is 4.79 Å². The minimum atomic E-state index is -0.464. The van der Waals surface area contributed by atoms with E-state index in [1.165, 1.54) is 0 Å². The van der Waals surface area contributed by atoms with Gasteiger partial charge in [-0.1, -0.05) is 0 Å². The lowest BCUT2D eigenvalue weighted by molar-refractivity contribution is -0.148. The number of hydrogen-bond donors (Lipinski definition) is 0. The second-order valence-electron chi connectivity index (χ2n) is 6.26. The van der Waals surface area contributed by atoms with Gasteiger partial charge >= 0.3 is 5.97 Å². The topological polar surface area (TPSA) is 62.6 Å². The van der Waals surface area contributed by atoms with Gasteiger partial charge in [-0.25, -0.2) is 4.79 Å². The number of fused-ring (bicyclic) bond motifs is 1. The van der Waals surface area contributed by atoms with Gasteiger partial charge in [0.1, 0.15) is 19.6 Å². The summed E-state index contributed by atoms with van der Waals surface area (Å²) in [6.45, 7) is 3.64. The number of rotatable bonds is 6. The number of carbonyl (C=O) groups excluding carboxylic acids is 1. The Morgan fingerprint density at radius 2 is 2.20 bits per heavy atom. The van der Waals surface area contributed by atoms with Crippen molar-refractivity contribution in [1.82, 2.24) is 9.78 Å². The van der Waals surface area contributed by atoms with Crippen LogP contribution in [-0.2, 0) is 14.3 Å². The summed E-state index contributed by atoms with van der Waals surface area (Å²) in [6.07, 6.45) is 4.27. The Hall–Kier alpha value is -2.02. The molecule has 1 unspecified atom stereocenters. The number of carbonyl (C=O) groups is 1. The fourth-order valence-corrected chi connectivity index (χ4v) is 3.38. The van der Waals surface area contributed by atoms with Crippen LogP contribution in [0.3, 0.4) is 0 Å². The number of ether oxygens (including phenoxy) is 3.